The van der Waals surface area contributed by atoms with Gasteiger partial charge < -0.3 is 30.0 Å². The van der Waals surface area contributed by atoms with Gasteiger partial charge in [-0.25, -0.2) is 8.78 Å². The quantitative estimate of drug-likeness (QED) is 0.271. The van der Waals surface area contributed by atoms with E-state index in [1.165, 1.54) is 28.8 Å². The molecule has 2 heterocycles. The Morgan fingerprint density at radius 1 is 1.07 bits per heavy atom. The number of hydrogen-bond acceptors (Lipinski definition) is 5. The summed E-state index contributed by atoms with van der Waals surface area (Å²) in [5.74, 6) is -3.11. The third-order valence-corrected chi connectivity index (χ3v) is 8.26. The molecular formula is C32H39F5N4O4. The predicted octanol–water partition coefficient (Wildman–Crippen LogP) is 5.86. The summed E-state index contributed by atoms with van der Waals surface area (Å²) < 4.78 is 81.0. The molecule has 1 fully saturated rings. The third-order valence-electron chi connectivity index (χ3n) is 8.26. The minimum atomic E-state index is -5.07. The number of nitrogens with two attached hydrogens (primary N) is 1. The fraction of sp³-hybridized carbons (Fsp3) is 0.500. The van der Waals surface area contributed by atoms with Crippen LogP contribution in [0.3, 0.4) is 0 Å². The first-order valence-corrected chi connectivity index (χ1v) is 14.7. The summed E-state index contributed by atoms with van der Waals surface area (Å²) in [6.45, 7) is 7.72. The fourth-order valence-electron chi connectivity index (χ4n) is 5.53. The molecule has 0 bridgehead atoms. The maximum atomic E-state index is 15.2. The van der Waals surface area contributed by atoms with E-state index in [-0.39, 0.29) is 60.4 Å². The zero-order valence-corrected chi connectivity index (χ0v) is 25.9. The number of carbonyl (C=O) groups excluding carboxylic acids is 2. The molecule has 0 saturated carbocycles. The molecule has 13 heteroatoms. The number of nitrogens with one attached hydrogen (secondary N) is 1. The summed E-state index contributed by atoms with van der Waals surface area (Å²) in [7, 11) is 1.45. The van der Waals surface area contributed by atoms with Crippen molar-refractivity contribution >= 4 is 22.7 Å². The van der Waals surface area contributed by atoms with Gasteiger partial charge in [-0.2, -0.15) is 0 Å². The van der Waals surface area contributed by atoms with E-state index in [1.807, 2.05) is 13.8 Å². The number of amides is 2. The first kappa shape index (κ1) is 34.2. The summed E-state index contributed by atoms with van der Waals surface area (Å²) in [5, 5.41) is 2.48. The number of piperidine rings is 1. The minimum absolute atomic E-state index is 0.0429. The molecule has 4 rings (SSSR count). The van der Waals surface area contributed by atoms with E-state index >= 15 is 4.39 Å². The monoisotopic (exact) mass is 638 g/mol. The van der Waals surface area contributed by atoms with Crippen LogP contribution < -0.4 is 15.8 Å². The maximum absolute atomic E-state index is 15.2. The van der Waals surface area contributed by atoms with Gasteiger partial charge in [-0.15, -0.1) is 13.2 Å². The Morgan fingerprint density at radius 3 is 2.31 bits per heavy atom. The number of ether oxygens (including phenoxy) is 2. The molecule has 0 unspecified atom stereocenters. The molecule has 0 radical (unpaired) electrons. The molecule has 0 aliphatic carbocycles. The van der Waals surface area contributed by atoms with E-state index in [2.05, 4.69) is 10.1 Å². The molecule has 1 saturated heterocycles. The maximum Gasteiger partial charge on any atom is 0.573 e. The van der Waals surface area contributed by atoms with E-state index < -0.39 is 41.3 Å². The van der Waals surface area contributed by atoms with Crippen molar-refractivity contribution < 1.29 is 41.0 Å². The number of alkyl halides is 3. The van der Waals surface area contributed by atoms with Gasteiger partial charge >= 0.3 is 6.36 Å². The Morgan fingerprint density at radius 2 is 1.71 bits per heavy atom. The standard InChI is InChI=1S/C32H39F5N4O4/c1-18(2)27(38)29(42)39-15-19-6-7-23(33)21(14-19)20-10-12-40(13-11-20)30(43)22-16-41(17-31(3,4)44-5)28-24(34)8-9-25(26(22)28)45-32(35,36)37/h6-9,14,16,18,20,27H,10-13,15,17,38H2,1-5H3,(H,39,42)/t27-/m1/s1. The Kier molecular flexibility index (Phi) is 10.1. The Labute approximate surface area is 258 Å². The molecule has 2 amide bonds. The van der Waals surface area contributed by atoms with E-state index in [0.717, 1.165) is 12.1 Å². The topological polar surface area (TPSA) is 98.8 Å². The Balaban J connectivity index is 1.57. The minimum Gasteiger partial charge on any atom is -0.405 e. The van der Waals surface area contributed by atoms with Gasteiger partial charge in [0.1, 0.15) is 17.4 Å². The Hall–Kier alpha value is -3.71. The highest BCUT2D eigenvalue weighted by atomic mass is 19.4. The van der Waals surface area contributed by atoms with Crippen LogP contribution in [0.2, 0.25) is 0 Å². The largest absolute Gasteiger partial charge is 0.573 e. The third kappa shape index (κ3) is 7.93. The van der Waals surface area contributed by atoms with E-state index in [4.69, 9.17) is 10.5 Å². The number of carbonyl (C=O) groups is 2. The lowest BCUT2D eigenvalue weighted by molar-refractivity contribution is -0.274. The number of likely N-dealkylation sites (tertiary alicyclic amines) is 1. The van der Waals surface area contributed by atoms with Crippen LogP contribution in [-0.2, 0) is 22.6 Å². The lowest BCUT2D eigenvalue weighted by Gasteiger charge is -2.32. The number of aromatic nitrogens is 1. The van der Waals surface area contributed by atoms with Gasteiger partial charge in [0.05, 0.1) is 34.7 Å². The summed E-state index contributed by atoms with van der Waals surface area (Å²) in [6, 6.07) is 5.66. The molecule has 246 valence electrons. The number of methoxy groups -OCH3 is 1. The number of nitrogens with zero attached hydrogens (tertiary/aromatic N) is 2. The molecule has 1 atom stereocenters. The van der Waals surface area contributed by atoms with Crippen LogP contribution in [0.15, 0.2) is 36.5 Å². The molecule has 2 aromatic carbocycles. The second-order valence-corrected chi connectivity index (χ2v) is 12.4. The summed E-state index contributed by atoms with van der Waals surface area (Å²) in [5.41, 5.74) is 5.86. The molecule has 1 aliphatic rings. The second kappa shape index (κ2) is 13.3. The smallest absolute Gasteiger partial charge is 0.405 e. The summed E-state index contributed by atoms with van der Waals surface area (Å²) >= 11 is 0. The second-order valence-electron chi connectivity index (χ2n) is 12.4. The normalized spacial score (nSPS) is 15.5. The molecule has 0 spiro atoms. The average Bonchev–Trinajstić information content (AvgIpc) is 3.36. The lowest BCUT2D eigenvalue weighted by Crippen LogP contribution is -2.43. The highest BCUT2D eigenvalue weighted by Crippen LogP contribution is 2.38. The fourth-order valence-corrected chi connectivity index (χ4v) is 5.53. The van der Waals surface area contributed by atoms with Crippen molar-refractivity contribution in [1.82, 2.24) is 14.8 Å². The van der Waals surface area contributed by atoms with Crippen molar-refractivity contribution in [2.45, 2.75) is 77.5 Å². The first-order chi connectivity index (χ1) is 21.0. The number of benzene rings is 2. The van der Waals surface area contributed by atoms with Crippen LogP contribution in [-0.4, -0.2) is 59.5 Å². The van der Waals surface area contributed by atoms with Crippen LogP contribution in [0.5, 0.6) is 5.75 Å². The number of halogens is 5. The van der Waals surface area contributed by atoms with E-state index in [0.29, 0.717) is 24.0 Å². The van der Waals surface area contributed by atoms with Crippen LogP contribution in [0.4, 0.5) is 22.0 Å². The van der Waals surface area contributed by atoms with Crippen LogP contribution in [0.25, 0.3) is 10.9 Å². The van der Waals surface area contributed by atoms with E-state index in [1.54, 1.807) is 26.0 Å². The molecule has 8 nitrogen and oxygen atoms in total. The zero-order chi connectivity index (χ0) is 33.3. The molecule has 45 heavy (non-hydrogen) atoms. The average molecular weight is 639 g/mol. The van der Waals surface area contributed by atoms with Gasteiger partial charge in [0.15, 0.2) is 0 Å². The van der Waals surface area contributed by atoms with Crippen molar-refractivity contribution in [2.75, 3.05) is 20.2 Å². The van der Waals surface area contributed by atoms with Gasteiger partial charge in [-0.05, 0) is 67.9 Å². The van der Waals surface area contributed by atoms with Gasteiger partial charge in [-0.1, -0.05) is 26.0 Å². The van der Waals surface area contributed by atoms with Crippen molar-refractivity contribution in [1.29, 1.82) is 0 Å². The first-order valence-electron chi connectivity index (χ1n) is 14.7. The van der Waals surface area contributed by atoms with Crippen molar-refractivity contribution in [3.05, 3.63) is 64.9 Å². The van der Waals surface area contributed by atoms with Crippen molar-refractivity contribution in [2.24, 2.45) is 11.7 Å². The summed E-state index contributed by atoms with van der Waals surface area (Å²) in [6.07, 6.45) is -2.98. The highest BCUT2D eigenvalue weighted by Gasteiger charge is 2.35. The molecule has 1 aromatic heterocycles. The van der Waals surface area contributed by atoms with Crippen LogP contribution in [0, 0.1) is 17.6 Å². The van der Waals surface area contributed by atoms with Gasteiger partial charge in [0, 0.05) is 32.9 Å². The lowest BCUT2D eigenvalue weighted by atomic mass is 9.88. The molecule has 1 aliphatic heterocycles. The predicted molar refractivity (Wildman–Crippen MR) is 159 cm³/mol. The SMILES string of the molecule is COC(C)(C)Cn1cc(C(=O)N2CCC(c3cc(CNC(=O)[C@H](N)C(C)C)ccc3F)CC2)c2c(OC(F)(F)F)ccc(F)c21. The molecular weight excluding hydrogens is 599 g/mol. The number of rotatable bonds is 10. The van der Waals surface area contributed by atoms with E-state index in [9.17, 15) is 27.2 Å². The van der Waals surface area contributed by atoms with Crippen LogP contribution in [0.1, 0.15) is 67.9 Å². The van der Waals surface area contributed by atoms with Gasteiger partial charge in [-0.3, -0.25) is 9.59 Å². The van der Waals surface area contributed by atoms with Gasteiger partial charge in [0.25, 0.3) is 5.91 Å². The molecule has 3 aromatic rings. The molecule has 3 N–H and O–H groups in total. The summed E-state index contributed by atoms with van der Waals surface area (Å²) in [4.78, 5) is 27.5. The Bertz CT molecular complexity index is 1540. The van der Waals surface area contributed by atoms with Crippen molar-refractivity contribution in [3.63, 3.8) is 0 Å². The highest BCUT2D eigenvalue weighted by molar-refractivity contribution is 6.09. The zero-order valence-electron chi connectivity index (χ0n) is 25.9. The van der Waals surface area contributed by atoms with Gasteiger partial charge in [0.2, 0.25) is 5.91 Å². The number of fused-ring (bicyclic) bond motifs is 1. The number of hydrogen-bond donors (Lipinski definition) is 2. The van der Waals surface area contributed by atoms with Crippen molar-refractivity contribution in [3.8, 4) is 5.75 Å². The van der Waals surface area contributed by atoms with Crippen LogP contribution >= 0.6 is 0 Å².